The van der Waals surface area contributed by atoms with Crippen LogP contribution in [-0.4, -0.2) is 83.9 Å². The molecule has 3 rings (SSSR count). The van der Waals surface area contributed by atoms with Crippen LogP contribution in [0.15, 0.2) is 24.5 Å². The van der Waals surface area contributed by atoms with E-state index in [1.54, 1.807) is 12.4 Å². The molecular formula is C16H23N5O2. The highest BCUT2D eigenvalue weighted by Crippen LogP contribution is 2.13. The van der Waals surface area contributed by atoms with Crippen LogP contribution in [0.5, 0.6) is 0 Å². The van der Waals surface area contributed by atoms with Crippen molar-refractivity contribution in [1.82, 2.24) is 25.0 Å². The van der Waals surface area contributed by atoms with E-state index in [1.165, 1.54) is 0 Å². The number of nitrogens with zero attached hydrogens (tertiary/aromatic N) is 4. The van der Waals surface area contributed by atoms with Gasteiger partial charge in [-0.05, 0) is 24.7 Å². The van der Waals surface area contributed by atoms with Crippen LogP contribution in [0.2, 0.25) is 0 Å². The Morgan fingerprint density at radius 2 is 2.13 bits per heavy atom. The maximum Gasteiger partial charge on any atom is 0.239 e. The Balaban J connectivity index is 1.53. The predicted octanol–water partition coefficient (Wildman–Crippen LogP) is -0.844. The van der Waals surface area contributed by atoms with Crippen LogP contribution in [0.1, 0.15) is 5.56 Å². The molecule has 0 spiro atoms. The second-order valence-electron chi connectivity index (χ2n) is 6.21. The first-order valence-electron chi connectivity index (χ1n) is 8.00. The third-order valence-corrected chi connectivity index (χ3v) is 4.45. The lowest BCUT2D eigenvalue weighted by atomic mass is 10.1. The summed E-state index contributed by atoms with van der Waals surface area (Å²) in [5.41, 5.74) is 1.13. The summed E-state index contributed by atoms with van der Waals surface area (Å²) in [6.07, 6.45) is 3.51. The van der Waals surface area contributed by atoms with Gasteiger partial charge in [-0.2, -0.15) is 0 Å². The Morgan fingerprint density at radius 1 is 1.35 bits per heavy atom. The summed E-state index contributed by atoms with van der Waals surface area (Å²) in [6.45, 7) is 4.62. The second-order valence-corrected chi connectivity index (χ2v) is 6.21. The van der Waals surface area contributed by atoms with Crippen LogP contribution in [0.3, 0.4) is 0 Å². The van der Waals surface area contributed by atoms with Crippen molar-refractivity contribution in [2.24, 2.45) is 0 Å². The standard InChI is InChI=1S/C16H23N5O2/c1-19(10-13-2-4-17-5-3-13)12-15(22)21-9-8-20-7-6-18-16(23)14(20)11-21/h2-5,14H,6-12H2,1H3,(H,18,23)/t14-/m1/s1. The van der Waals surface area contributed by atoms with Gasteiger partial charge in [0.15, 0.2) is 0 Å². The molecule has 0 unspecified atom stereocenters. The highest BCUT2D eigenvalue weighted by Gasteiger charge is 2.36. The number of rotatable bonds is 4. The molecular weight excluding hydrogens is 294 g/mol. The monoisotopic (exact) mass is 317 g/mol. The van der Waals surface area contributed by atoms with Gasteiger partial charge in [-0.25, -0.2) is 0 Å². The maximum atomic E-state index is 12.5. The normalized spacial score (nSPS) is 21.9. The van der Waals surface area contributed by atoms with Crippen molar-refractivity contribution >= 4 is 11.8 Å². The largest absolute Gasteiger partial charge is 0.353 e. The lowest BCUT2D eigenvalue weighted by Gasteiger charge is -2.43. The Labute approximate surface area is 136 Å². The molecule has 1 N–H and O–H groups in total. The minimum Gasteiger partial charge on any atom is -0.353 e. The molecule has 23 heavy (non-hydrogen) atoms. The number of aromatic nitrogens is 1. The quantitative estimate of drug-likeness (QED) is 0.784. The van der Waals surface area contributed by atoms with E-state index in [0.29, 0.717) is 32.7 Å². The highest BCUT2D eigenvalue weighted by atomic mass is 16.2. The molecule has 1 atom stereocenters. The molecule has 2 saturated heterocycles. The summed E-state index contributed by atoms with van der Waals surface area (Å²) in [6, 6.07) is 3.71. The van der Waals surface area contributed by atoms with Crippen LogP contribution in [-0.2, 0) is 16.1 Å². The third-order valence-electron chi connectivity index (χ3n) is 4.45. The number of fused-ring (bicyclic) bond motifs is 1. The average Bonchev–Trinajstić information content (AvgIpc) is 2.55. The fourth-order valence-electron chi connectivity index (χ4n) is 3.19. The number of hydrogen-bond acceptors (Lipinski definition) is 5. The molecule has 2 amide bonds. The highest BCUT2D eigenvalue weighted by molar-refractivity contribution is 5.85. The van der Waals surface area contributed by atoms with E-state index in [0.717, 1.165) is 18.7 Å². The summed E-state index contributed by atoms with van der Waals surface area (Å²) in [5.74, 6) is 0.124. The lowest BCUT2D eigenvalue weighted by Crippen LogP contribution is -2.64. The van der Waals surface area contributed by atoms with Gasteiger partial charge in [-0.3, -0.25) is 24.4 Å². The number of piperazine rings is 2. The SMILES string of the molecule is CN(CC(=O)N1CCN2CCNC(=O)[C@H]2C1)Cc1ccncc1. The van der Waals surface area contributed by atoms with Crippen LogP contribution in [0, 0.1) is 0 Å². The van der Waals surface area contributed by atoms with Crippen molar-refractivity contribution < 1.29 is 9.59 Å². The fourth-order valence-corrected chi connectivity index (χ4v) is 3.19. The first kappa shape index (κ1) is 15.9. The topological polar surface area (TPSA) is 68.8 Å². The number of carbonyl (C=O) groups is 2. The third kappa shape index (κ3) is 3.86. The first-order chi connectivity index (χ1) is 11.1. The van der Waals surface area contributed by atoms with Gasteiger partial charge in [0.1, 0.15) is 6.04 Å². The zero-order chi connectivity index (χ0) is 16.2. The van der Waals surface area contributed by atoms with E-state index < -0.39 is 0 Å². The van der Waals surface area contributed by atoms with Gasteiger partial charge < -0.3 is 10.2 Å². The number of pyridine rings is 1. The van der Waals surface area contributed by atoms with Crippen LogP contribution >= 0.6 is 0 Å². The fraction of sp³-hybridized carbons (Fsp3) is 0.562. The van der Waals surface area contributed by atoms with E-state index >= 15 is 0 Å². The van der Waals surface area contributed by atoms with Gasteiger partial charge in [0.25, 0.3) is 0 Å². The molecule has 2 fully saturated rings. The molecule has 1 aromatic heterocycles. The zero-order valence-electron chi connectivity index (χ0n) is 13.4. The molecule has 124 valence electrons. The van der Waals surface area contributed by atoms with Crippen LogP contribution < -0.4 is 5.32 Å². The summed E-state index contributed by atoms with van der Waals surface area (Å²) >= 11 is 0. The molecule has 1 aromatic rings. The number of nitrogens with one attached hydrogen (secondary N) is 1. The Kier molecular flexibility index (Phi) is 4.88. The number of hydrogen-bond donors (Lipinski definition) is 1. The van der Waals surface area contributed by atoms with E-state index in [-0.39, 0.29) is 17.9 Å². The zero-order valence-corrected chi connectivity index (χ0v) is 13.4. The minimum absolute atomic E-state index is 0.0406. The molecule has 0 radical (unpaired) electrons. The van der Waals surface area contributed by atoms with E-state index in [9.17, 15) is 9.59 Å². The smallest absolute Gasteiger partial charge is 0.239 e. The molecule has 7 nitrogen and oxygen atoms in total. The average molecular weight is 317 g/mol. The van der Waals surface area contributed by atoms with E-state index in [4.69, 9.17) is 0 Å². The van der Waals surface area contributed by atoms with E-state index in [2.05, 4.69) is 15.2 Å². The summed E-state index contributed by atoms with van der Waals surface area (Å²) in [7, 11) is 1.93. The predicted molar refractivity (Wildman–Crippen MR) is 85.5 cm³/mol. The molecule has 0 aliphatic carbocycles. The van der Waals surface area contributed by atoms with Crippen molar-refractivity contribution in [2.75, 3.05) is 46.3 Å². The summed E-state index contributed by atoms with van der Waals surface area (Å²) < 4.78 is 0. The Morgan fingerprint density at radius 3 is 2.91 bits per heavy atom. The molecule has 2 aliphatic rings. The summed E-state index contributed by atoms with van der Waals surface area (Å²) in [4.78, 5) is 34.4. The number of amides is 2. The van der Waals surface area contributed by atoms with Gasteiger partial charge in [0, 0.05) is 51.7 Å². The van der Waals surface area contributed by atoms with Crippen LogP contribution in [0.4, 0.5) is 0 Å². The second kappa shape index (κ2) is 7.06. The molecule has 7 heteroatoms. The van der Waals surface area contributed by atoms with Gasteiger partial charge >= 0.3 is 0 Å². The lowest BCUT2D eigenvalue weighted by molar-refractivity contribution is -0.140. The molecule has 0 bridgehead atoms. The minimum atomic E-state index is -0.188. The van der Waals surface area contributed by atoms with Crippen molar-refractivity contribution in [3.8, 4) is 0 Å². The van der Waals surface area contributed by atoms with E-state index in [1.807, 2.05) is 29.0 Å². The molecule has 3 heterocycles. The van der Waals surface area contributed by atoms with Crippen molar-refractivity contribution in [3.05, 3.63) is 30.1 Å². The van der Waals surface area contributed by atoms with Crippen molar-refractivity contribution in [1.29, 1.82) is 0 Å². The Bertz CT molecular complexity index is 565. The molecule has 2 aliphatic heterocycles. The van der Waals surface area contributed by atoms with Gasteiger partial charge in [0.2, 0.25) is 11.8 Å². The van der Waals surface area contributed by atoms with Crippen molar-refractivity contribution in [3.63, 3.8) is 0 Å². The number of likely N-dealkylation sites (N-methyl/N-ethyl adjacent to an activating group) is 1. The molecule has 0 saturated carbocycles. The Hall–Kier alpha value is -1.99. The summed E-state index contributed by atoms with van der Waals surface area (Å²) in [5, 5.41) is 2.88. The first-order valence-corrected chi connectivity index (χ1v) is 8.00. The number of carbonyl (C=O) groups excluding carboxylic acids is 2. The maximum absolute atomic E-state index is 12.5. The van der Waals surface area contributed by atoms with Crippen molar-refractivity contribution in [2.45, 2.75) is 12.6 Å². The van der Waals surface area contributed by atoms with Gasteiger partial charge in [0.05, 0.1) is 6.54 Å². The molecule has 0 aromatic carbocycles. The van der Waals surface area contributed by atoms with Gasteiger partial charge in [-0.1, -0.05) is 0 Å². The van der Waals surface area contributed by atoms with Gasteiger partial charge in [-0.15, -0.1) is 0 Å². The van der Waals surface area contributed by atoms with Crippen LogP contribution in [0.25, 0.3) is 0 Å².